The van der Waals surface area contributed by atoms with E-state index in [-0.39, 0.29) is 5.41 Å². The fourth-order valence-electron chi connectivity index (χ4n) is 8.69. The smallest absolute Gasteiger partial charge is 0.0584 e. The van der Waals surface area contributed by atoms with E-state index in [4.69, 9.17) is 0 Å². The van der Waals surface area contributed by atoms with E-state index in [1.165, 1.54) is 72.4 Å². The topological polar surface area (TPSA) is 8.17 Å². The van der Waals surface area contributed by atoms with E-state index in [0.717, 1.165) is 17.1 Å². The number of hydrogen-bond acceptors (Lipinski definition) is 1. The number of aromatic nitrogens is 1. The van der Waals surface area contributed by atoms with Crippen LogP contribution in [0.1, 0.15) is 25.0 Å². The zero-order valence-electron chi connectivity index (χ0n) is 31.0. The number of anilines is 3. The number of para-hydroxylation sites is 1. The molecule has 0 N–H and O–H groups in total. The molecule has 0 atom stereocenters. The Bertz CT molecular complexity index is 2700. The first-order chi connectivity index (χ1) is 27.0. The molecule has 2 heteroatoms. The Morgan fingerprint density at radius 3 is 1.35 bits per heavy atom. The Kier molecular flexibility index (Phi) is 7.85. The third kappa shape index (κ3) is 5.57. The summed E-state index contributed by atoms with van der Waals surface area (Å²) >= 11 is 0. The number of rotatable bonds is 7. The summed E-state index contributed by atoms with van der Waals surface area (Å²) in [7, 11) is 0. The van der Waals surface area contributed by atoms with Gasteiger partial charge in [0.1, 0.15) is 0 Å². The minimum absolute atomic E-state index is 0.126. The lowest BCUT2D eigenvalue weighted by Crippen LogP contribution is -2.14. The zero-order valence-corrected chi connectivity index (χ0v) is 31.0. The van der Waals surface area contributed by atoms with Gasteiger partial charge in [-0.1, -0.05) is 159 Å². The second-order valence-corrected chi connectivity index (χ2v) is 15.0. The molecule has 55 heavy (non-hydrogen) atoms. The van der Waals surface area contributed by atoms with Crippen LogP contribution in [-0.2, 0) is 5.41 Å². The van der Waals surface area contributed by atoms with E-state index >= 15 is 0 Å². The average Bonchev–Trinajstić information content (AvgIpc) is 3.72. The van der Waals surface area contributed by atoms with Crippen molar-refractivity contribution in [2.24, 2.45) is 0 Å². The molecule has 2 nitrogen and oxygen atoms in total. The van der Waals surface area contributed by atoms with Crippen molar-refractivity contribution >= 4 is 28.0 Å². The van der Waals surface area contributed by atoms with Gasteiger partial charge in [0.15, 0.2) is 0 Å². The highest BCUT2D eigenvalue weighted by Crippen LogP contribution is 2.54. The first kappa shape index (κ1) is 32.7. The molecule has 1 aliphatic carbocycles. The quantitative estimate of drug-likeness (QED) is 0.160. The van der Waals surface area contributed by atoms with Crippen LogP contribution < -0.4 is 4.90 Å². The van der Waals surface area contributed by atoms with Crippen LogP contribution in [0.4, 0.5) is 17.1 Å². The van der Waals surface area contributed by atoms with Gasteiger partial charge in [-0.25, -0.2) is 0 Å². The molecule has 0 radical (unpaired) electrons. The maximum absolute atomic E-state index is 2.47. The molecule has 1 aliphatic rings. The highest BCUT2D eigenvalue weighted by Gasteiger charge is 2.40. The first-order valence-electron chi connectivity index (χ1n) is 19.1. The van der Waals surface area contributed by atoms with Crippen LogP contribution in [0.5, 0.6) is 0 Å². The summed E-state index contributed by atoms with van der Waals surface area (Å²) in [6.45, 7) is 4.75. The summed E-state index contributed by atoms with van der Waals surface area (Å²) in [5.41, 5.74) is 18.3. The lowest BCUT2D eigenvalue weighted by Gasteiger charge is -2.26. The van der Waals surface area contributed by atoms with Crippen LogP contribution in [0, 0.1) is 0 Å². The highest BCUT2D eigenvalue weighted by molar-refractivity contribution is 6.01. The van der Waals surface area contributed by atoms with Crippen LogP contribution in [-0.4, -0.2) is 4.57 Å². The maximum Gasteiger partial charge on any atom is 0.0584 e. The summed E-state index contributed by atoms with van der Waals surface area (Å²) in [6.07, 6.45) is 0. The van der Waals surface area contributed by atoms with Crippen LogP contribution in [0.3, 0.4) is 0 Å². The van der Waals surface area contributed by atoms with Crippen molar-refractivity contribution in [2.75, 3.05) is 4.90 Å². The van der Waals surface area contributed by atoms with Crippen LogP contribution in [0.15, 0.2) is 206 Å². The molecule has 0 amide bonds. The lowest BCUT2D eigenvalue weighted by molar-refractivity contribution is 0.666. The van der Waals surface area contributed by atoms with Gasteiger partial charge >= 0.3 is 0 Å². The molecule has 9 aromatic rings. The molecule has 0 saturated heterocycles. The van der Waals surface area contributed by atoms with E-state index in [1.807, 2.05) is 0 Å². The third-order valence-electron chi connectivity index (χ3n) is 11.4. The van der Waals surface area contributed by atoms with Crippen LogP contribution in [0.25, 0.3) is 61.2 Å². The summed E-state index contributed by atoms with van der Waals surface area (Å²) < 4.78 is 2.47. The number of nitrogens with zero attached hydrogens (tertiary/aromatic N) is 2. The van der Waals surface area contributed by atoms with Crippen molar-refractivity contribution in [1.29, 1.82) is 0 Å². The molecule has 0 spiro atoms. The Morgan fingerprint density at radius 1 is 0.400 bits per heavy atom. The minimum atomic E-state index is -0.126. The first-order valence-corrected chi connectivity index (χ1v) is 19.1. The van der Waals surface area contributed by atoms with Gasteiger partial charge in [0.25, 0.3) is 0 Å². The predicted molar refractivity (Wildman–Crippen MR) is 232 cm³/mol. The minimum Gasteiger partial charge on any atom is -0.311 e. The summed E-state index contributed by atoms with van der Waals surface area (Å²) in [4.78, 5) is 2.35. The van der Waals surface area contributed by atoms with Gasteiger partial charge < -0.3 is 9.47 Å². The largest absolute Gasteiger partial charge is 0.311 e. The second kappa shape index (κ2) is 13.2. The summed E-state index contributed by atoms with van der Waals surface area (Å²) in [6, 6.07) is 74.8. The lowest BCUT2D eigenvalue weighted by atomic mass is 9.81. The highest BCUT2D eigenvalue weighted by atomic mass is 15.1. The van der Waals surface area contributed by atoms with E-state index in [1.54, 1.807) is 0 Å². The number of fused-ring (bicyclic) bond motifs is 5. The fraction of sp³-hybridized carbons (Fsp3) is 0.0566. The van der Waals surface area contributed by atoms with Gasteiger partial charge in [-0.15, -0.1) is 0 Å². The zero-order chi connectivity index (χ0) is 36.9. The SMILES string of the molecule is CC1(C)c2ccccc2-c2c1c1cc(-c3ccc(N(c4ccc(-c5ccccc5)cc4)c4ccc(-c5ccccc5)cc4)cc3)ccc1n2-c1ccccc1. The van der Waals surface area contributed by atoms with Gasteiger partial charge in [-0.3, -0.25) is 0 Å². The van der Waals surface area contributed by atoms with E-state index in [9.17, 15) is 0 Å². The fourth-order valence-corrected chi connectivity index (χ4v) is 8.69. The Morgan fingerprint density at radius 2 is 0.818 bits per heavy atom. The Labute approximate surface area is 323 Å². The van der Waals surface area contributed by atoms with E-state index < -0.39 is 0 Å². The van der Waals surface area contributed by atoms with E-state index in [0.29, 0.717) is 0 Å². The summed E-state index contributed by atoms with van der Waals surface area (Å²) in [5, 5.41) is 1.31. The monoisotopic (exact) mass is 704 g/mol. The molecular weight excluding hydrogens is 665 g/mol. The van der Waals surface area contributed by atoms with Crippen LogP contribution >= 0.6 is 0 Å². The molecule has 0 aliphatic heterocycles. The van der Waals surface area contributed by atoms with Gasteiger partial charge in [0, 0.05) is 39.1 Å². The van der Waals surface area contributed by atoms with Gasteiger partial charge in [-0.2, -0.15) is 0 Å². The van der Waals surface area contributed by atoms with E-state index in [2.05, 4.69) is 230 Å². The Balaban J connectivity index is 1.06. The van der Waals surface area contributed by atoms with Crippen molar-refractivity contribution in [2.45, 2.75) is 19.3 Å². The maximum atomic E-state index is 2.47. The molecule has 0 bridgehead atoms. The second-order valence-electron chi connectivity index (χ2n) is 15.0. The third-order valence-corrected chi connectivity index (χ3v) is 11.4. The van der Waals surface area contributed by atoms with Gasteiger partial charge in [0.2, 0.25) is 0 Å². The van der Waals surface area contributed by atoms with Crippen molar-refractivity contribution in [3.05, 3.63) is 217 Å². The molecule has 10 rings (SSSR count). The molecule has 1 aromatic heterocycles. The molecule has 0 unspecified atom stereocenters. The average molecular weight is 705 g/mol. The summed E-state index contributed by atoms with van der Waals surface area (Å²) in [5.74, 6) is 0. The van der Waals surface area contributed by atoms with Crippen molar-refractivity contribution in [3.8, 4) is 50.3 Å². The van der Waals surface area contributed by atoms with Crippen molar-refractivity contribution < 1.29 is 0 Å². The standard InChI is InChI=1S/C53H40N2/c1-53(2)49-21-13-12-20-47(49)52-51(53)48-36-42(28-35-50(48)55(52)43-18-10-5-11-19-43)41-26-33-46(34-27-41)54(44-29-22-39(23-30-44)37-14-6-3-7-15-37)45-31-24-40(25-32-45)38-16-8-4-9-17-38/h3-36H,1-2H3. The number of hydrogen-bond donors (Lipinski definition) is 0. The molecule has 0 fully saturated rings. The van der Waals surface area contributed by atoms with Crippen molar-refractivity contribution in [1.82, 2.24) is 4.57 Å². The molecule has 262 valence electrons. The molecule has 0 saturated carbocycles. The van der Waals surface area contributed by atoms with Gasteiger partial charge in [-0.05, 0) is 105 Å². The molecule has 8 aromatic carbocycles. The van der Waals surface area contributed by atoms with Gasteiger partial charge in [0.05, 0.1) is 11.2 Å². The van der Waals surface area contributed by atoms with Crippen LogP contribution in [0.2, 0.25) is 0 Å². The normalized spacial score (nSPS) is 12.7. The van der Waals surface area contributed by atoms with Crippen molar-refractivity contribution in [3.63, 3.8) is 0 Å². The Hall–Kier alpha value is -6.90. The number of benzene rings is 8. The predicted octanol–water partition coefficient (Wildman–Crippen LogP) is 14.4. The molecular formula is C53H40N2. The molecule has 1 heterocycles.